The van der Waals surface area contributed by atoms with Gasteiger partial charge in [0.2, 0.25) is 11.8 Å². The van der Waals surface area contributed by atoms with Crippen LogP contribution in [0.4, 0.5) is 0 Å². The van der Waals surface area contributed by atoms with Crippen LogP contribution in [0.25, 0.3) is 0 Å². The largest absolute Gasteiger partial charge is 0.497 e. The zero-order chi connectivity index (χ0) is 46.5. The third-order valence-corrected chi connectivity index (χ3v) is 12.3. The lowest BCUT2D eigenvalue weighted by Crippen LogP contribution is -2.52. The van der Waals surface area contributed by atoms with Gasteiger partial charge in [0.25, 0.3) is 0 Å². The van der Waals surface area contributed by atoms with Crippen LogP contribution in [0.1, 0.15) is 158 Å². The molecular formula is C54H76N2O9. The third kappa shape index (κ3) is 18.3. The number of likely N-dealkylation sites (tertiary alicyclic amines) is 1. The number of esters is 1. The molecule has 356 valence electrons. The lowest BCUT2D eigenvalue weighted by atomic mass is 9.78. The van der Waals surface area contributed by atoms with Gasteiger partial charge in [0.1, 0.15) is 23.2 Å². The number of unbranched alkanes of at least 4 members (excludes halogenated alkanes) is 13. The second-order valence-electron chi connectivity index (χ2n) is 17.3. The molecule has 3 aromatic rings. The number of allylic oxidation sites excluding steroid dienone is 2. The minimum absolute atomic E-state index is 0.0768. The number of rotatable bonds is 33. The van der Waals surface area contributed by atoms with Crippen LogP contribution in [0.2, 0.25) is 0 Å². The molecule has 1 fully saturated rings. The van der Waals surface area contributed by atoms with Crippen LogP contribution < -0.4 is 14.8 Å². The molecule has 3 atom stereocenters. The van der Waals surface area contributed by atoms with Crippen LogP contribution in [-0.2, 0) is 40.9 Å². The molecular weight excluding hydrogens is 821 g/mol. The summed E-state index contributed by atoms with van der Waals surface area (Å²) in [5.41, 5.74) is 1.28. The Kier molecular flexibility index (Phi) is 24.3. The molecule has 4 rings (SSSR count). The number of carbonyl (C=O) groups excluding carboxylic acids is 3. The molecule has 3 aromatic carbocycles. The minimum atomic E-state index is -1.22. The molecule has 65 heavy (non-hydrogen) atoms. The fourth-order valence-electron chi connectivity index (χ4n) is 8.65. The zero-order valence-electron chi connectivity index (χ0n) is 39.4. The Morgan fingerprint density at radius 3 is 1.88 bits per heavy atom. The summed E-state index contributed by atoms with van der Waals surface area (Å²) in [6, 6.07) is 24.4. The van der Waals surface area contributed by atoms with Gasteiger partial charge in [-0.2, -0.15) is 0 Å². The van der Waals surface area contributed by atoms with Crippen molar-refractivity contribution in [1.29, 1.82) is 0 Å². The van der Waals surface area contributed by atoms with Gasteiger partial charge in [-0.25, -0.2) is 0 Å². The summed E-state index contributed by atoms with van der Waals surface area (Å²) < 4.78 is 24.0. The van der Waals surface area contributed by atoms with E-state index in [1.54, 1.807) is 19.1 Å². The van der Waals surface area contributed by atoms with Crippen molar-refractivity contribution in [2.75, 3.05) is 27.3 Å². The van der Waals surface area contributed by atoms with Crippen LogP contribution in [0.3, 0.4) is 0 Å². The topological polar surface area (TPSA) is 141 Å². The maximum atomic E-state index is 14.5. The smallest absolute Gasteiger partial charge is 0.306 e. The van der Waals surface area contributed by atoms with E-state index in [1.165, 1.54) is 57.8 Å². The number of nitrogens with one attached hydrogen (secondary N) is 1. The van der Waals surface area contributed by atoms with E-state index in [4.69, 9.17) is 18.9 Å². The maximum Gasteiger partial charge on any atom is 0.306 e. The molecule has 2 N–H and O–H groups in total. The number of carbonyl (C=O) groups is 4. The van der Waals surface area contributed by atoms with Crippen molar-refractivity contribution >= 4 is 23.8 Å². The summed E-state index contributed by atoms with van der Waals surface area (Å²) in [5, 5.41) is 12.3. The number of aliphatic carboxylic acids is 1. The van der Waals surface area contributed by atoms with Crippen LogP contribution >= 0.6 is 0 Å². The van der Waals surface area contributed by atoms with Gasteiger partial charge in [-0.3, -0.25) is 19.2 Å². The van der Waals surface area contributed by atoms with Crippen molar-refractivity contribution < 1.29 is 43.2 Å². The Bertz CT molecular complexity index is 1850. The van der Waals surface area contributed by atoms with E-state index in [-0.39, 0.29) is 50.6 Å². The summed E-state index contributed by atoms with van der Waals surface area (Å²) in [5.74, 6) is -0.361. The number of hydrogen-bond acceptors (Lipinski definition) is 8. The Hall–Kier alpha value is -5.16. The predicted molar refractivity (Wildman–Crippen MR) is 256 cm³/mol. The molecule has 11 heteroatoms. The fraction of sp³-hybridized carbons (Fsp3) is 0.556. The molecule has 11 nitrogen and oxygen atoms in total. The van der Waals surface area contributed by atoms with E-state index < -0.39 is 29.7 Å². The van der Waals surface area contributed by atoms with Gasteiger partial charge in [-0.05, 0) is 85.9 Å². The third-order valence-electron chi connectivity index (χ3n) is 12.3. The molecule has 2 amide bonds. The number of carboxylic acid groups (broad SMARTS) is 1. The predicted octanol–water partition coefficient (Wildman–Crippen LogP) is 11.3. The number of carboxylic acids is 1. The summed E-state index contributed by atoms with van der Waals surface area (Å²) in [6.45, 7) is 3.14. The highest BCUT2D eigenvalue weighted by Gasteiger charge is 2.52. The highest BCUT2D eigenvalue weighted by atomic mass is 16.5. The van der Waals surface area contributed by atoms with Gasteiger partial charge in [0.15, 0.2) is 0 Å². The molecule has 0 spiro atoms. The molecule has 3 unspecified atom stereocenters. The van der Waals surface area contributed by atoms with Gasteiger partial charge in [-0.15, -0.1) is 0 Å². The molecule has 1 heterocycles. The van der Waals surface area contributed by atoms with Crippen LogP contribution in [0, 0.1) is 0 Å². The van der Waals surface area contributed by atoms with E-state index in [9.17, 15) is 24.3 Å². The summed E-state index contributed by atoms with van der Waals surface area (Å²) in [7, 11) is 3.22. The van der Waals surface area contributed by atoms with E-state index in [0.717, 1.165) is 61.0 Å². The number of hydrogen-bond donors (Lipinski definition) is 2. The Morgan fingerprint density at radius 1 is 0.677 bits per heavy atom. The molecule has 1 aliphatic heterocycles. The van der Waals surface area contributed by atoms with Gasteiger partial charge in [0, 0.05) is 25.8 Å². The standard InChI is InChI=1S/C54H76N2O9/c1-4-5-6-7-8-9-10-11-12-13-14-15-16-17-22-27-50(57)55-39-24-19-23-28-51(58)56-41-48(65-53(61)38-37-52(59)60)40-49(56)54(44-25-20-18-21-26-44,45-31-35-47(63-3)36-32-45)64-42-43-29-33-46(62-2)34-30-43/h11-12,18,20-21,25-26,29-36,48-49H,4-10,13-17,19,22-24,27-28,37-42H2,1-3H3,(H,55,57)(H,59,60). The molecule has 0 bridgehead atoms. The van der Waals surface area contributed by atoms with E-state index in [1.807, 2.05) is 78.9 Å². The quantitative estimate of drug-likeness (QED) is 0.0347. The SMILES string of the molecule is CCCCCCCCC=CCCCCCCCC(=O)NCCCCCC(=O)N1CC(OC(=O)CCC(=O)O)CC1C(OCc1ccc(OC)cc1)(c1ccccc1)c1ccc(OC)cc1. The van der Waals surface area contributed by atoms with E-state index in [0.29, 0.717) is 25.1 Å². The second kappa shape index (κ2) is 30.1. The Balaban J connectivity index is 1.35. The van der Waals surface area contributed by atoms with Crippen LogP contribution in [0.5, 0.6) is 11.5 Å². The van der Waals surface area contributed by atoms with Crippen LogP contribution in [-0.4, -0.2) is 73.2 Å². The summed E-state index contributed by atoms with van der Waals surface area (Å²) in [4.78, 5) is 53.0. The van der Waals surface area contributed by atoms with Crippen molar-refractivity contribution in [1.82, 2.24) is 10.2 Å². The number of amides is 2. The summed E-state index contributed by atoms with van der Waals surface area (Å²) >= 11 is 0. The first-order valence-electron chi connectivity index (χ1n) is 24.3. The van der Waals surface area contributed by atoms with E-state index in [2.05, 4.69) is 24.4 Å². The van der Waals surface area contributed by atoms with Crippen molar-refractivity contribution in [3.8, 4) is 11.5 Å². The molecule has 0 aliphatic carbocycles. The van der Waals surface area contributed by atoms with Gasteiger partial charge >= 0.3 is 11.9 Å². The average molecular weight is 897 g/mol. The Labute approximate surface area is 388 Å². The molecule has 0 radical (unpaired) electrons. The number of ether oxygens (including phenoxy) is 4. The first-order chi connectivity index (χ1) is 31.7. The zero-order valence-corrected chi connectivity index (χ0v) is 39.4. The van der Waals surface area contributed by atoms with Crippen molar-refractivity contribution in [2.24, 2.45) is 0 Å². The summed E-state index contributed by atoms with van der Waals surface area (Å²) in [6.07, 6.45) is 22.4. The average Bonchev–Trinajstić information content (AvgIpc) is 3.75. The highest BCUT2D eigenvalue weighted by Crippen LogP contribution is 2.45. The van der Waals surface area contributed by atoms with Crippen molar-refractivity contribution in [3.05, 3.63) is 108 Å². The molecule has 1 saturated heterocycles. The second-order valence-corrected chi connectivity index (χ2v) is 17.3. The molecule has 0 saturated carbocycles. The highest BCUT2D eigenvalue weighted by molar-refractivity contribution is 5.78. The lowest BCUT2D eigenvalue weighted by molar-refractivity contribution is -0.152. The van der Waals surface area contributed by atoms with Gasteiger partial charge in [-0.1, -0.05) is 131 Å². The molecule has 1 aliphatic rings. The first kappa shape index (κ1) is 52.5. The van der Waals surface area contributed by atoms with Gasteiger partial charge < -0.3 is 34.3 Å². The number of benzene rings is 3. The Morgan fingerprint density at radius 2 is 1.25 bits per heavy atom. The fourth-order valence-corrected chi connectivity index (χ4v) is 8.65. The molecule has 0 aromatic heterocycles. The number of methoxy groups -OCH3 is 2. The minimum Gasteiger partial charge on any atom is -0.497 e. The van der Waals surface area contributed by atoms with Gasteiger partial charge in [0.05, 0.1) is 46.3 Å². The monoisotopic (exact) mass is 897 g/mol. The van der Waals surface area contributed by atoms with Crippen LogP contribution in [0.15, 0.2) is 91.0 Å². The van der Waals surface area contributed by atoms with Crippen molar-refractivity contribution in [2.45, 2.75) is 166 Å². The van der Waals surface area contributed by atoms with E-state index >= 15 is 0 Å². The number of nitrogens with zero attached hydrogens (tertiary/aromatic N) is 1. The van der Waals surface area contributed by atoms with Crippen molar-refractivity contribution in [3.63, 3.8) is 0 Å². The normalized spacial score (nSPS) is 15.7. The first-order valence-corrected chi connectivity index (χ1v) is 24.3. The maximum absolute atomic E-state index is 14.5. The lowest BCUT2D eigenvalue weighted by Gasteiger charge is -2.44.